The molecule has 2 heterocycles. The summed E-state index contributed by atoms with van der Waals surface area (Å²) in [5, 5.41) is 3.29. The summed E-state index contributed by atoms with van der Waals surface area (Å²) in [6.45, 7) is 4.38. The molecule has 2 unspecified atom stereocenters. The van der Waals surface area contributed by atoms with Crippen LogP contribution in [-0.2, 0) is 0 Å². The van der Waals surface area contributed by atoms with Gasteiger partial charge in [0.15, 0.2) is 0 Å². The van der Waals surface area contributed by atoms with Crippen LogP contribution in [0, 0.1) is 5.92 Å². The Morgan fingerprint density at radius 1 is 1.80 bits per heavy atom. The van der Waals surface area contributed by atoms with Crippen LogP contribution in [-0.4, -0.2) is 48.3 Å². The standard InChI is InChI=1S/C10H17BN2OS/c1-4-6(2)8-10(11)7(5-15-8)13(3)9(14)12-10/h6-8H,4-5H2,1-3H3,(H,12,14)/t6?,7-,8?,10-/m0/s1. The molecule has 2 radical (unpaired) electrons. The Labute approximate surface area is 96.8 Å². The van der Waals surface area contributed by atoms with Gasteiger partial charge >= 0.3 is 6.03 Å². The maximum atomic E-state index is 11.6. The van der Waals surface area contributed by atoms with Gasteiger partial charge in [-0.2, -0.15) is 11.8 Å². The van der Waals surface area contributed by atoms with Gasteiger partial charge in [-0.25, -0.2) is 4.79 Å². The van der Waals surface area contributed by atoms with E-state index in [0.29, 0.717) is 11.2 Å². The molecular formula is C10H17BN2OS. The van der Waals surface area contributed by atoms with Crippen molar-refractivity contribution in [3.63, 3.8) is 0 Å². The summed E-state index contributed by atoms with van der Waals surface area (Å²) in [5.74, 6) is 1.48. The summed E-state index contributed by atoms with van der Waals surface area (Å²) < 4.78 is 0. The van der Waals surface area contributed by atoms with E-state index in [0.717, 1.165) is 12.2 Å². The number of nitrogens with zero attached hydrogens (tertiary/aromatic N) is 1. The largest absolute Gasteiger partial charge is 0.338 e. The lowest BCUT2D eigenvalue weighted by atomic mass is 9.67. The molecule has 0 saturated carbocycles. The molecule has 15 heavy (non-hydrogen) atoms. The van der Waals surface area contributed by atoms with Crippen LogP contribution in [0.15, 0.2) is 0 Å². The Bertz CT molecular complexity index is 289. The summed E-state index contributed by atoms with van der Waals surface area (Å²) in [4.78, 5) is 13.3. The van der Waals surface area contributed by atoms with Crippen molar-refractivity contribution in [3.05, 3.63) is 0 Å². The lowest BCUT2D eigenvalue weighted by Crippen LogP contribution is -2.56. The van der Waals surface area contributed by atoms with E-state index < -0.39 is 5.44 Å². The first-order valence-electron chi connectivity index (χ1n) is 5.46. The Kier molecular flexibility index (Phi) is 2.69. The molecule has 5 heteroatoms. The summed E-state index contributed by atoms with van der Waals surface area (Å²) in [7, 11) is 8.20. The van der Waals surface area contributed by atoms with E-state index in [1.807, 2.05) is 18.8 Å². The average Bonchev–Trinajstić information content (AvgIpc) is 2.62. The number of urea groups is 1. The zero-order chi connectivity index (χ0) is 11.2. The van der Waals surface area contributed by atoms with Crippen molar-refractivity contribution in [1.82, 2.24) is 10.2 Å². The Balaban J connectivity index is 2.23. The second kappa shape index (κ2) is 3.61. The molecule has 2 aliphatic heterocycles. The van der Waals surface area contributed by atoms with Gasteiger partial charge < -0.3 is 10.2 Å². The number of carbonyl (C=O) groups excluding carboxylic acids is 1. The van der Waals surface area contributed by atoms with Gasteiger partial charge in [0, 0.05) is 23.5 Å². The van der Waals surface area contributed by atoms with E-state index >= 15 is 0 Å². The molecule has 2 amide bonds. The van der Waals surface area contributed by atoms with E-state index in [9.17, 15) is 4.79 Å². The van der Waals surface area contributed by atoms with Crippen molar-refractivity contribution < 1.29 is 4.79 Å². The van der Waals surface area contributed by atoms with Crippen molar-refractivity contribution >= 4 is 25.6 Å². The predicted octanol–water partition coefficient (Wildman–Crippen LogP) is 1.04. The smallest absolute Gasteiger partial charge is 0.317 e. The van der Waals surface area contributed by atoms with Crippen LogP contribution in [0.5, 0.6) is 0 Å². The topological polar surface area (TPSA) is 32.3 Å². The van der Waals surface area contributed by atoms with Gasteiger partial charge in [0.2, 0.25) is 0 Å². The first-order chi connectivity index (χ1) is 7.00. The molecule has 1 N–H and O–H groups in total. The van der Waals surface area contributed by atoms with Crippen molar-refractivity contribution in [2.75, 3.05) is 12.8 Å². The number of carbonyl (C=O) groups is 1. The molecule has 4 atom stereocenters. The van der Waals surface area contributed by atoms with Crippen LogP contribution >= 0.6 is 11.8 Å². The highest BCUT2D eigenvalue weighted by Crippen LogP contribution is 2.44. The van der Waals surface area contributed by atoms with Gasteiger partial charge in [-0.1, -0.05) is 20.3 Å². The number of hydrogen-bond donors (Lipinski definition) is 1. The minimum Gasteiger partial charge on any atom is -0.338 e. The summed E-state index contributed by atoms with van der Waals surface area (Å²) >= 11 is 1.89. The van der Waals surface area contributed by atoms with Crippen molar-refractivity contribution in [3.8, 4) is 0 Å². The highest BCUT2D eigenvalue weighted by atomic mass is 32.2. The highest BCUT2D eigenvalue weighted by molar-refractivity contribution is 8.00. The number of thioether (sulfide) groups is 1. The van der Waals surface area contributed by atoms with Crippen LogP contribution in [0.4, 0.5) is 4.79 Å². The second-order valence-electron chi connectivity index (χ2n) is 4.63. The number of fused-ring (bicyclic) bond motifs is 1. The maximum Gasteiger partial charge on any atom is 0.317 e. The molecular weight excluding hydrogens is 207 g/mol. The van der Waals surface area contributed by atoms with Gasteiger partial charge in [-0.05, 0) is 5.92 Å². The molecule has 0 bridgehead atoms. The predicted molar refractivity (Wildman–Crippen MR) is 64.3 cm³/mol. The Morgan fingerprint density at radius 2 is 2.47 bits per heavy atom. The third-order valence-electron chi connectivity index (χ3n) is 3.73. The number of amides is 2. The highest BCUT2D eigenvalue weighted by Gasteiger charge is 2.56. The fourth-order valence-corrected chi connectivity index (χ4v) is 4.41. The first kappa shape index (κ1) is 11.2. The second-order valence-corrected chi connectivity index (χ2v) is 5.80. The number of rotatable bonds is 2. The summed E-state index contributed by atoms with van der Waals surface area (Å²) in [6.07, 6.45) is 1.10. The first-order valence-corrected chi connectivity index (χ1v) is 6.51. The van der Waals surface area contributed by atoms with Crippen LogP contribution < -0.4 is 5.32 Å². The zero-order valence-electron chi connectivity index (χ0n) is 9.49. The van der Waals surface area contributed by atoms with Gasteiger partial charge in [0.05, 0.1) is 6.04 Å². The quantitative estimate of drug-likeness (QED) is 0.561. The Hall–Kier alpha value is -0.315. The van der Waals surface area contributed by atoms with Crippen LogP contribution in [0.1, 0.15) is 20.3 Å². The minimum atomic E-state index is -0.522. The molecule has 3 nitrogen and oxygen atoms in total. The van der Waals surface area contributed by atoms with E-state index in [2.05, 4.69) is 19.2 Å². The van der Waals surface area contributed by atoms with Crippen LogP contribution in [0.3, 0.4) is 0 Å². The summed E-state index contributed by atoms with van der Waals surface area (Å²) in [5.41, 5.74) is -0.522. The van der Waals surface area contributed by atoms with Gasteiger partial charge in [0.1, 0.15) is 7.85 Å². The number of hydrogen-bond acceptors (Lipinski definition) is 2. The molecule has 0 spiro atoms. The van der Waals surface area contributed by atoms with E-state index in [-0.39, 0.29) is 12.1 Å². The Morgan fingerprint density at radius 3 is 3.07 bits per heavy atom. The molecule has 82 valence electrons. The lowest BCUT2D eigenvalue weighted by molar-refractivity contribution is 0.218. The fourth-order valence-electron chi connectivity index (χ4n) is 2.51. The molecule has 2 fully saturated rings. The van der Waals surface area contributed by atoms with E-state index in [4.69, 9.17) is 7.85 Å². The minimum absolute atomic E-state index is 0.0314. The summed E-state index contributed by atoms with van der Waals surface area (Å²) in [6, 6.07) is 0.116. The molecule has 0 aliphatic carbocycles. The molecule has 0 aromatic rings. The zero-order valence-corrected chi connectivity index (χ0v) is 10.3. The van der Waals surface area contributed by atoms with Crippen molar-refractivity contribution in [1.29, 1.82) is 0 Å². The van der Waals surface area contributed by atoms with Crippen molar-refractivity contribution in [2.45, 2.75) is 37.0 Å². The van der Waals surface area contributed by atoms with Crippen molar-refractivity contribution in [2.24, 2.45) is 5.92 Å². The van der Waals surface area contributed by atoms with Crippen LogP contribution in [0.25, 0.3) is 0 Å². The maximum absolute atomic E-state index is 11.6. The third-order valence-corrected chi connectivity index (χ3v) is 5.45. The average molecular weight is 224 g/mol. The van der Waals surface area contributed by atoms with E-state index in [1.165, 1.54) is 0 Å². The van der Waals surface area contributed by atoms with Gasteiger partial charge in [-0.15, -0.1) is 0 Å². The SMILES string of the molecule is [B][C@]12NC(=O)N(C)[C@H]1CSC2C(C)CC. The molecule has 0 aromatic heterocycles. The fraction of sp³-hybridized carbons (Fsp3) is 0.900. The molecule has 2 aliphatic rings. The lowest BCUT2D eigenvalue weighted by Gasteiger charge is -2.34. The van der Waals surface area contributed by atoms with Gasteiger partial charge in [-0.3, -0.25) is 0 Å². The number of likely N-dealkylation sites (N-methyl/N-ethyl adjacent to an activating group) is 1. The molecule has 2 rings (SSSR count). The molecule has 0 aromatic carbocycles. The van der Waals surface area contributed by atoms with Gasteiger partial charge in [0.25, 0.3) is 0 Å². The number of nitrogens with one attached hydrogen (secondary N) is 1. The third kappa shape index (κ3) is 1.47. The van der Waals surface area contributed by atoms with Crippen LogP contribution in [0.2, 0.25) is 0 Å². The van der Waals surface area contributed by atoms with E-state index in [1.54, 1.807) is 4.90 Å². The normalized spacial score (nSPS) is 41.5. The monoisotopic (exact) mass is 224 g/mol. The molecule has 2 saturated heterocycles.